The van der Waals surface area contributed by atoms with E-state index in [2.05, 4.69) is 20.5 Å². The SMILES string of the molecule is CNC(=O)c1cccc([C@@H](C)n2cnc3cc(-c4cn[nH]c4C(F)F)ccc3c2=O)c1. The number of H-pyrrole nitrogens is 1. The molecule has 31 heavy (non-hydrogen) atoms. The van der Waals surface area contributed by atoms with Crippen LogP contribution < -0.4 is 10.9 Å². The number of hydrogen-bond acceptors (Lipinski definition) is 4. The zero-order valence-electron chi connectivity index (χ0n) is 16.8. The van der Waals surface area contributed by atoms with Crippen LogP contribution in [0.3, 0.4) is 0 Å². The van der Waals surface area contributed by atoms with Gasteiger partial charge in [-0.25, -0.2) is 13.8 Å². The predicted octanol–water partition coefficient (Wildman–Crippen LogP) is 3.69. The van der Waals surface area contributed by atoms with Gasteiger partial charge in [-0.1, -0.05) is 18.2 Å². The van der Waals surface area contributed by atoms with Gasteiger partial charge in [0.2, 0.25) is 0 Å². The molecule has 0 spiro atoms. The van der Waals surface area contributed by atoms with Crippen LogP contribution in [0.1, 0.15) is 41.0 Å². The van der Waals surface area contributed by atoms with Crippen LogP contribution >= 0.6 is 0 Å². The summed E-state index contributed by atoms with van der Waals surface area (Å²) in [4.78, 5) is 29.4. The molecular formula is C22H19F2N5O2. The molecule has 2 N–H and O–H groups in total. The molecule has 0 bridgehead atoms. The highest BCUT2D eigenvalue weighted by Gasteiger charge is 2.18. The van der Waals surface area contributed by atoms with Crippen molar-refractivity contribution in [2.24, 2.45) is 0 Å². The molecule has 0 fully saturated rings. The van der Waals surface area contributed by atoms with Gasteiger partial charge in [0.15, 0.2) is 0 Å². The van der Waals surface area contributed by atoms with E-state index in [9.17, 15) is 18.4 Å². The lowest BCUT2D eigenvalue weighted by molar-refractivity contribution is 0.0963. The van der Waals surface area contributed by atoms with E-state index in [1.54, 1.807) is 43.4 Å². The maximum Gasteiger partial charge on any atom is 0.280 e. The first-order valence-corrected chi connectivity index (χ1v) is 9.55. The molecule has 9 heteroatoms. The molecule has 0 saturated carbocycles. The number of fused-ring (bicyclic) bond motifs is 1. The van der Waals surface area contributed by atoms with Crippen LogP contribution in [-0.4, -0.2) is 32.7 Å². The average molecular weight is 423 g/mol. The van der Waals surface area contributed by atoms with Crippen molar-refractivity contribution in [2.45, 2.75) is 19.4 Å². The van der Waals surface area contributed by atoms with Gasteiger partial charge in [0.1, 0.15) is 5.69 Å². The van der Waals surface area contributed by atoms with E-state index in [0.717, 1.165) is 5.56 Å². The second-order valence-electron chi connectivity index (χ2n) is 7.07. The van der Waals surface area contributed by atoms with Crippen LogP contribution in [0.4, 0.5) is 8.78 Å². The fraction of sp³-hybridized carbons (Fsp3) is 0.182. The van der Waals surface area contributed by atoms with Crippen LogP contribution in [0.5, 0.6) is 0 Å². The number of nitrogens with zero attached hydrogens (tertiary/aromatic N) is 3. The first kappa shape index (κ1) is 20.4. The first-order chi connectivity index (χ1) is 14.9. The molecule has 2 aromatic heterocycles. The Hall–Kier alpha value is -3.88. The largest absolute Gasteiger partial charge is 0.355 e. The number of halogens is 2. The third-order valence-corrected chi connectivity index (χ3v) is 5.26. The minimum Gasteiger partial charge on any atom is -0.355 e. The topological polar surface area (TPSA) is 92.7 Å². The molecule has 1 amide bonds. The molecule has 4 aromatic rings. The molecule has 7 nitrogen and oxygen atoms in total. The Balaban J connectivity index is 1.74. The molecule has 0 aliphatic rings. The summed E-state index contributed by atoms with van der Waals surface area (Å²) in [5.74, 6) is -0.215. The molecule has 0 aliphatic heterocycles. The summed E-state index contributed by atoms with van der Waals surface area (Å²) in [6, 6.07) is 11.4. The van der Waals surface area contributed by atoms with Gasteiger partial charge < -0.3 is 5.32 Å². The number of carbonyl (C=O) groups excluding carboxylic acids is 1. The van der Waals surface area contributed by atoms with Crippen LogP contribution in [0, 0.1) is 0 Å². The number of rotatable bonds is 5. The second-order valence-corrected chi connectivity index (χ2v) is 7.07. The van der Waals surface area contributed by atoms with Crippen molar-refractivity contribution in [3.63, 3.8) is 0 Å². The fourth-order valence-electron chi connectivity index (χ4n) is 3.52. The number of aromatic amines is 1. The summed E-state index contributed by atoms with van der Waals surface area (Å²) in [7, 11) is 1.55. The van der Waals surface area contributed by atoms with Crippen molar-refractivity contribution in [3.05, 3.63) is 82.2 Å². The van der Waals surface area contributed by atoms with Gasteiger partial charge in [-0.15, -0.1) is 0 Å². The van der Waals surface area contributed by atoms with Gasteiger partial charge in [0.05, 0.1) is 29.5 Å². The molecule has 2 aromatic carbocycles. The first-order valence-electron chi connectivity index (χ1n) is 9.55. The fourth-order valence-corrected chi connectivity index (χ4v) is 3.52. The van der Waals surface area contributed by atoms with Crippen molar-refractivity contribution < 1.29 is 13.6 Å². The van der Waals surface area contributed by atoms with Gasteiger partial charge in [-0.2, -0.15) is 5.10 Å². The summed E-state index contributed by atoms with van der Waals surface area (Å²) in [6.07, 6.45) is 0.0565. The highest BCUT2D eigenvalue weighted by atomic mass is 19.3. The molecule has 4 rings (SSSR count). The number of nitrogens with one attached hydrogen (secondary N) is 2. The number of carbonyl (C=O) groups is 1. The lowest BCUT2D eigenvalue weighted by atomic mass is 10.0. The normalized spacial score (nSPS) is 12.3. The minimum atomic E-state index is -2.69. The number of amides is 1. The third-order valence-electron chi connectivity index (χ3n) is 5.26. The zero-order chi connectivity index (χ0) is 22.1. The summed E-state index contributed by atoms with van der Waals surface area (Å²) in [5, 5.41) is 8.94. The molecule has 1 atom stereocenters. The highest BCUT2D eigenvalue weighted by molar-refractivity contribution is 5.94. The summed E-state index contributed by atoms with van der Waals surface area (Å²) in [5.41, 5.74) is 1.88. The maximum atomic E-state index is 13.2. The van der Waals surface area contributed by atoms with Gasteiger partial charge in [-0.05, 0) is 42.3 Å². The molecule has 158 valence electrons. The van der Waals surface area contributed by atoms with Gasteiger partial charge in [0, 0.05) is 18.2 Å². The predicted molar refractivity (Wildman–Crippen MR) is 112 cm³/mol. The Kier molecular flexibility index (Phi) is 5.33. The lowest BCUT2D eigenvalue weighted by Crippen LogP contribution is -2.25. The van der Waals surface area contributed by atoms with Crippen LogP contribution in [0.25, 0.3) is 22.0 Å². The number of benzene rings is 2. The zero-order valence-corrected chi connectivity index (χ0v) is 16.8. The number of hydrogen-bond donors (Lipinski definition) is 2. The van der Waals surface area contributed by atoms with Crippen LogP contribution in [0.2, 0.25) is 0 Å². The van der Waals surface area contributed by atoms with Crippen molar-refractivity contribution in [2.75, 3.05) is 7.05 Å². The molecule has 0 unspecified atom stereocenters. The molecular weight excluding hydrogens is 404 g/mol. The monoisotopic (exact) mass is 423 g/mol. The minimum absolute atomic E-state index is 0.215. The van der Waals surface area contributed by atoms with E-state index in [-0.39, 0.29) is 28.8 Å². The Morgan fingerprint density at radius 3 is 2.74 bits per heavy atom. The summed E-state index contributed by atoms with van der Waals surface area (Å²) in [6.45, 7) is 1.84. The van der Waals surface area contributed by atoms with E-state index >= 15 is 0 Å². The van der Waals surface area contributed by atoms with Crippen molar-refractivity contribution in [1.82, 2.24) is 25.1 Å². The van der Waals surface area contributed by atoms with Crippen molar-refractivity contribution >= 4 is 16.8 Å². The van der Waals surface area contributed by atoms with Gasteiger partial charge in [0.25, 0.3) is 17.9 Å². The second kappa shape index (κ2) is 8.10. The average Bonchev–Trinajstić information content (AvgIpc) is 3.28. The van der Waals surface area contributed by atoms with E-state index in [0.29, 0.717) is 22.0 Å². The summed E-state index contributed by atoms with van der Waals surface area (Å²) < 4.78 is 27.8. The molecule has 0 aliphatic carbocycles. The Labute approximate surface area is 175 Å². The maximum absolute atomic E-state index is 13.2. The van der Waals surface area contributed by atoms with Crippen molar-refractivity contribution in [3.8, 4) is 11.1 Å². The van der Waals surface area contributed by atoms with Crippen LogP contribution in [0.15, 0.2) is 59.8 Å². The Morgan fingerprint density at radius 2 is 2.00 bits per heavy atom. The molecule has 0 radical (unpaired) electrons. The molecule has 0 saturated heterocycles. The van der Waals surface area contributed by atoms with Gasteiger partial charge >= 0.3 is 0 Å². The van der Waals surface area contributed by atoms with E-state index in [1.165, 1.54) is 17.1 Å². The third kappa shape index (κ3) is 3.70. The Morgan fingerprint density at radius 1 is 1.19 bits per heavy atom. The standard InChI is InChI=1S/C22H19F2N5O2/c1-12(13-4-3-5-15(8-13)21(30)25-2)29-11-26-18-9-14(6-7-16(18)22(29)31)17-10-27-28-19(17)20(23)24/h3-12,20H,1-2H3,(H,25,30)(H,27,28)/t12-/m1/s1. The lowest BCUT2D eigenvalue weighted by Gasteiger charge is -2.16. The number of alkyl halides is 2. The van der Waals surface area contributed by atoms with E-state index < -0.39 is 6.43 Å². The highest BCUT2D eigenvalue weighted by Crippen LogP contribution is 2.30. The summed E-state index contributed by atoms with van der Waals surface area (Å²) >= 11 is 0. The van der Waals surface area contributed by atoms with Crippen molar-refractivity contribution in [1.29, 1.82) is 0 Å². The smallest absolute Gasteiger partial charge is 0.280 e. The van der Waals surface area contributed by atoms with Gasteiger partial charge in [-0.3, -0.25) is 19.3 Å². The van der Waals surface area contributed by atoms with E-state index in [4.69, 9.17) is 0 Å². The quantitative estimate of drug-likeness (QED) is 0.512. The van der Waals surface area contributed by atoms with Crippen LogP contribution in [-0.2, 0) is 0 Å². The molecule has 2 heterocycles. The van der Waals surface area contributed by atoms with E-state index in [1.807, 2.05) is 13.0 Å². The number of aromatic nitrogens is 4. The Bertz CT molecular complexity index is 1330.